The van der Waals surface area contributed by atoms with E-state index in [1.54, 1.807) is 0 Å². The number of anilines is 4. The lowest BCUT2D eigenvalue weighted by atomic mass is 9.88. The molecule has 4 heteroatoms. The molecule has 0 aliphatic carbocycles. The number of hydrogen-bond acceptors (Lipinski definition) is 4. The van der Waals surface area contributed by atoms with E-state index < -0.39 is 0 Å². The van der Waals surface area contributed by atoms with Crippen LogP contribution in [0.3, 0.4) is 0 Å². The molecular weight excluding hydrogens is 236 g/mol. The molecule has 0 saturated heterocycles. The number of nitrogen functional groups attached to an aromatic ring is 4. The van der Waals surface area contributed by atoms with Crippen LogP contribution in [0, 0.1) is 0 Å². The minimum atomic E-state index is 0.241. The van der Waals surface area contributed by atoms with Gasteiger partial charge in [0.05, 0.1) is 22.7 Å². The normalized spacial score (nSPS) is 10.8. The molecule has 0 bridgehead atoms. The first-order valence-electron chi connectivity index (χ1n) is 6.32. The highest BCUT2D eigenvalue weighted by Gasteiger charge is 2.14. The van der Waals surface area contributed by atoms with Crippen molar-refractivity contribution in [1.29, 1.82) is 0 Å². The van der Waals surface area contributed by atoms with Gasteiger partial charge in [-0.2, -0.15) is 0 Å². The van der Waals surface area contributed by atoms with Crippen LogP contribution in [0.2, 0.25) is 0 Å². The number of benzene rings is 2. The third-order valence-electron chi connectivity index (χ3n) is 3.43. The van der Waals surface area contributed by atoms with Gasteiger partial charge in [0.25, 0.3) is 0 Å². The molecule has 0 atom stereocenters. The van der Waals surface area contributed by atoms with Gasteiger partial charge in [-0.05, 0) is 41.8 Å². The van der Waals surface area contributed by atoms with Crippen molar-refractivity contribution in [3.05, 3.63) is 47.5 Å². The molecule has 0 spiro atoms. The molecule has 2 aromatic carbocycles. The van der Waals surface area contributed by atoms with Crippen molar-refractivity contribution in [2.24, 2.45) is 0 Å². The Morgan fingerprint density at radius 3 is 1.47 bits per heavy atom. The lowest BCUT2D eigenvalue weighted by Gasteiger charge is -2.18. The van der Waals surface area contributed by atoms with Crippen LogP contribution in [-0.4, -0.2) is 0 Å². The summed E-state index contributed by atoms with van der Waals surface area (Å²) in [6.07, 6.45) is 0.951. The second-order valence-corrected chi connectivity index (χ2v) is 4.74. The average Bonchev–Trinajstić information content (AvgIpc) is 2.39. The third kappa shape index (κ3) is 2.57. The summed E-state index contributed by atoms with van der Waals surface area (Å²) in [6.45, 7) is 2.13. The lowest BCUT2D eigenvalue weighted by Crippen LogP contribution is -2.04. The molecule has 0 aromatic heterocycles. The van der Waals surface area contributed by atoms with Crippen molar-refractivity contribution in [2.45, 2.75) is 19.3 Å². The van der Waals surface area contributed by atoms with Gasteiger partial charge in [0.2, 0.25) is 0 Å². The summed E-state index contributed by atoms with van der Waals surface area (Å²) in [7, 11) is 0. The zero-order valence-corrected chi connectivity index (χ0v) is 11.1. The molecule has 19 heavy (non-hydrogen) atoms. The van der Waals surface area contributed by atoms with Crippen molar-refractivity contribution in [2.75, 3.05) is 22.9 Å². The average molecular weight is 256 g/mol. The minimum absolute atomic E-state index is 0.241. The first-order chi connectivity index (χ1) is 9.02. The molecule has 8 N–H and O–H groups in total. The number of hydrogen-bond donors (Lipinski definition) is 4. The molecule has 0 amide bonds. The smallest absolute Gasteiger partial charge is 0.0550 e. The summed E-state index contributed by atoms with van der Waals surface area (Å²) in [5.74, 6) is 0.241. The van der Waals surface area contributed by atoms with E-state index in [9.17, 15) is 0 Å². The first kappa shape index (κ1) is 13.1. The Kier molecular flexibility index (Phi) is 3.51. The van der Waals surface area contributed by atoms with E-state index in [1.165, 1.54) is 0 Å². The zero-order chi connectivity index (χ0) is 14.0. The van der Waals surface area contributed by atoms with Crippen molar-refractivity contribution in [1.82, 2.24) is 0 Å². The van der Waals surface area contributed by atoms with Crippen LogP contribution in [-0.2, 0) is 0 Å². The Morgan fingerprint density at radius 1 is 0.737 bits per heavy atom. The van der Waals surface area contributed by atoms with Gasteiger partial charge in [-0.3, -0.25) is 0 Å². The summed E-state index contributed by atoms with van der Waals surface area (Å²) in [5.41, 5.74) is 28.0. The molecule has 0 fully saturated rings. The summed E-state index contributed by atoms with van der Waals surface area (Å²) < 4.78 is 0. The SMILES string of the molecule is CCC(c1ccc(N)c(N)c1)c1ccc(N)c(N)c1. The zero-order valence-electron chi connectivity index (χ0n) is 11.1. The second-order valence-electron chi connectivity index (χ2n) is 4.74. The maximum absolute atomic E-state index is 5.88. The molecule has 0 radical (unpaired) electrons. The monoisotopic (exact) mass is 256 g/mol. The topological polar surface area (TPSA) is 104 Å². The van der Waals surface area contributed by atoms with Crippen molar-refractivity contribution < 1.29 is 0 Å². The summed E-state index contributed by atoms with van der Waals surface area (Å²) in [6, 6.07) is 11.5. The van der Waals surface area contributed by atoms with E-state index in [0.29, 0.717) is 22.7 Å². The molecule has 0 saturated carbocycles. The fraction of sp³-hybridized carbons (Fsp3) is 0.200. The van der Waals surface area contributed by atoms with Crippen molar-refractivity contribution in [3.8, 4) is 0 Å². The van der Waals surface area contributed by atoms with E-state index in [4.69, 9.17) is 22.9 Å². The molecule has 4 nitrogen and oxygen atoms in total. The summed E-state index contributed by atoms with van der Waals surface area (Å²) in [4.78, 5) is 0. The van der Waals surface area contributed by atoms with Crippen molar-refractivity contribution >= 4 is 22.7 Å². The fourth-order valence-corrected chi connectivity index (χ4v) is 2.28. The van der Waals surface area contributed by atoms with E-state index in [-0.39, 0.29) is 5.92 Å². The Labute approximate surface area is 113 Å². The predicted molar refractivity (Wildman–Crippen MR) is 82.7 cm³/mol. The van der Waals surface area contributed by atoms with Crippen LogP contribution in [0.15, 0.2) is 36.4 Å². The van der Waals surface area contributed by atoms with Crippen LogP contribution < -0.4 is 22.9 Å². The van der Waals surface area contributed by atoms with Gasteiger partial charge in [-0.1, -0.05) is 19.1 Å². The quantitative estimate of drug-likeness (QED) is 0.633. The molecule has 100 valence electrons. The van der Waals surface area contributed by atoms with E-state index >= 15 is 0 Å². The first-order valence-corrected chi connectivity index (χ1v) is 6.32. The van der Waals surface area contributed by atoms with Crippen LogP contribution in [0.4, 0.5) is 22.7 Å². The molecule has 0 unspecified atom stereocenters. The van der Waals surface area contributed by atoms with E-state index in [0.717, 1.165) is 17.5 Å². The number of nitrogens with two attached hydrogens (primary N) is 4. The fourth-order valence-electron chi connectivity index (χ4n) is 2.28. The second kappa shape index (κ2) is 5.10. The van der Waals surface area contributed by atoms with Gasteiger partial charge < -0.3 is 22.9 Å². The van der Waals surface area contributed by atoms with Crippen LogP contribution >= 0.6 is 0 Å². The highest BCUT2D eigenvalue weighted by molar-refractivity contribution is 5.66. The highest BCUT2D eigenvalue weighted by atomic mass is 14.7. The van der Waals surface area contributed by atoms with Gasteiger partial charge in [0.15, 0.2) is 0 Å². The standard InChI is InChI=1S/C15H20N4/c1-2-11(9-3-5-12(16)14(18)7-9)10-4-6-13(17)15(19)8-10/h3-8,11H,2,16-19H2,1H3. The van der Waals surface area contributed by atoms with Crippen molar-refractivity contribution in [3.63, 3.8) is 0 Å². The van der Waals surface area contributed by atoms with Crippen LogP contribution in [0.5, 0.6) is 0 Å². The maximum Gasteiger partial charge on any atom is 0.0550 e. The van der Waals surface area contributed by atoms with Gasteiger partial charge in [0, 0.05) is 5.92 Å². The Balaban J connectivity index is 2.43. The van der Waals surface area contributed by atoms with Gasteiger partial charge in [-0.15, -0.1) is 0 Å². The number of rotatable bonds is 3. The summed E-state index contributed by atoms with van der Waals surface area (Å²) in [5, 5.41) is 0. The Morgan fingerprint density at radius 2 is 1.16 bits per heavy atom. The lowest BCUT2D eigenvalue weighted by molar-refractivity contribution is 0.778. The molecule has 2 aromatic rings. The van der Waals surface area contributed by atoms with Gasteiger partial charge in [0.1, 0.15) is 0 Å². The predicted octanol–water partition coefficient (Wildman–Crippen LogP) is 2.56. The molecular formula is C15H20N4. The van der Waals surface area contributed by atoms with E-state index in [1.807, 2.05) is 36.4 Å². The minimum Gasteiger partial charge on any atom is -0.397 e. The Hall–Kier alpha value is -2.36. The molecule has 0 heterocycles. The van der Waals surface area contributed by atoms with E-state index in [2.05, 4.69) is 6.92 Å². The van der Waals surface area contributed by atoms with Gasteiger partial charge >= 0.3 is 0 Å². The van der Waals surface area contributed by atoms with Crippen LogP contribution in [0.1, 0.15) is 30.4 Å². The van der Waals surface area contributed by atoms with Gasteiger partial charge in [-0.25, -0.2) is 0 Å². The Bertz CT molecular complexity index is 541. The molecule has 0 aliphatic heterocycles. The maximum atomic E-state index is 5.88. The molecule has 2 rings (SSSR count). The summed E-state index contributed by atoms with van der Waals surface area (Å²) >= 11 is 0. The molecule has 0 aliphatic rings. The van der Waals surface area contributed by atoms with Crippen LogP contribution in [0.25, 0.3) is 0 Å². The largest absolute Gasteiger partial charge is 0.397 e. The highest BCUT2D eigenvalue weighted by Crippen LogP contribution is 2.32. The third-order valence-corrected chi connectivity index (χ3v) is 3.43.